The van der Waals surface area contributed by atoms with Gasteiger partial charge in [-0.05, 0) is 47.9 Å². The molecule has 1 fully saturated rings. The van der Waals surface area contributed by atoms with E-state index < -0.39 is 5.97 Å². The van der Waals surface area contributed by atoms with E-state index in [1.54, 1.807) is 43.3 Å². The van der Waals surface area contributed by atoms with Gasteiger partial charge in [0.25, 0.3) is 5.91 Å². The molecule has 0 spiro atoms. The molecule has 1 saturated heterocycles. The summed E-state index contributed by atoms with van der Waals surface area (Å²) in [6.07, 6.45) is 1.73. The van der Waals surface area contributed by atoms with Crippen LogP contribution in [0.5, 0.6) is 0 Å². The molecule has 2 aromatic rings. The van der Waals surface area contributed by atoms with Crippen molar-refractivity contribution in [3.8, 4) is 0 Å². The fraction of sp³-hybridized carbons (Fsp3) is 0.0556. The van der Waals surface area contributed by atoms with Crippen molar-refractivity contribution in [2.45, 2.75) is 6.92 Å². The molecule has 126 valence electrons. The van der Waals surface area contributed by atoms with Crippen LogP contribution < -0.4 is 10.0 Å². The second-order valence-corrected chi connectivity index (χ2v) is 7.47. The predicted molar refractivity (Wildman–Crippen MR) is 103 cm³/mol. The summed E-state index contributed by atoms with van der Waals surface area (Å²) in [6.45, 7) is 1.79. The van der Waals surface area contributed by atoms with Gasteiger partial charge in [-0.1, -0.05) is 59.8 Å². The summed E-state index contributed by atoms with van der Waals surface area (Å²) in [6, 6.07) is 11.6. The topological polar surface area (TPSA) is 60.4 Å². The molecule has 0 radical (unpaired) electrons. The number of carbonyl (C=O) groups excluding carboxylic acids is 2. The smallest absolute Gasteiger partial charge is 0.270 e. The number of aromatic carboxylic acids is 1. The Hall–Kier alpha value is -2.15. The van der Waals surface area contributed by atoms with Gasteiger partial charge in [-0.25, -0.2) is 0 Å². The van der Waals surface area contributed by atoms with E-state index in [1.165, 1.54) is 28.8 Å². The van der Waals surface area contributed by atoms with Gasteiger partial charge in [0.2, 0.25) is 0 Å². The number of benzene rings is 2. The molecule has 0 bridgehead atoms. The number of carbonyl (C=O) groups is 2. The van der Waals surface area contributed by atoms with E-state index in [4.69, 9.17) is 23.8 Å². The lowest BCUT2D eigenvalue weighted by atomic mass is 10.1. The number of carboxylic acids is 1. The van der Waals surface area contributed by atoms with Gasteiger partial charge in [0.15, 0.2) is 4.32 Å². The zero-order valence-electron chi connectivity index (χ0n) is 13.0. The second kappa shape index (κ2) is 7.00. The van der Waals surface area contributed by atoms with Crippen LogP contribution in [0.3, 0.4) is 0 Å². The number of thiocarbonyl (C=S) groups is 1. The van der Waals surface area contributed by atoms with Crippen LogP contribution in [0.15, 0.2) is 47.4 Å². The summed E-state index contributed by atoms with van der Waals surface area (Å²) in [5, 5.41) is 11.7. The number of halogens is 1. The first-order valence-electron chi connectivity index (χ1n) is 7.22. The summed E-state index contributed by atoms with van der Waals surface area (Å²) < 4.78 is 0.351. The van der Waals surface area contributed by atoms with Crippen molar-refractivity contribution in [2.75, 3.05) is 4.90 Å². The van der Waals surface area contributed by atoms with Gasteiger partial charge >= 0.3 is 0 Å². The van der Waals surface area contributed by atoms with E-state index in [9.17, 15) is 14.7 Å². The molecule has 0 saturated carbocycles. The molecule has 1 amide bonds. The normalized spacial score (nSPS) is 15.9. The Morgan fingerprint density at radius 3 is 2.56 bits per heavy atom. The number of hydrogen-bond donors (Lipinski definition) is 0. The predicted octanol–water partition coefficient (Wildman–Crippen LogP) is 3.42. The minimum atomic E-state index is -1.30. The Bertz CT molecular complexity index is 922. The van der Waals surface area contributed by atoms with E-state index in [1.807, 2.05) is 0 Å². The van der Waals surface area contributed by atoms with Crippen LogP contribution >= 0.6 is 35.6 Å². The lowest BCUT2D eigenvalue weighted by Crippen LogP contribution is -2.29. The molecule has 4 nitrogen and oxygen atoms in total. The quantitative estimate of drug-likeness (QED) is 0.595. The Kier molecular flexibility index (Phi) is 4.94. The first-order valence-corrected chi connectivity index (χ1v) is 8.82. The van der Waals surface area contributed by atoms with Gasteiger partial charge in [-0.15, -0.1) is 0 Å². The molecule has 0 atom stereocenters. The number of rotatable bonds is 3. The van der Waals surface area contributed by atoms with Crippen molar-refractivity contribution >= 4 is 63.5 Å². The summed E-state index contributed by atoms with van der Waals surface area (Å²) >= 11 is 12.4. The highest BCUT2D eigenvalue weighted by molar-refractivity contribution is 8.27. The van der Waals surface area contributed by atoms with Crippen LogP contribution in [0, 0.1) is 6.92 Å². The zero-order valence-corrected chi connectivity index (χ0v) is 15.4. The van der Waals surface area contributed by atoms with E-state index in [-0.39, 0.29) is 11.5 Å². The Balaban J connectivity index is 1.98. The van der Waals surface area contributed by atoms with Gasteiger partial charge in [-0.3, -0.25) is 9.69 Å². The van der Waals surface area contributed by atoms with Crippen molar-refractivity contribution in [1.82, 2.24) is 0 Å². The average molecular weight is 389 g/mol. The molecule has 0 aromatic heterocycles. The van der Waals surface area contributed by atoms with E-state index >= 15 is 0 Å². The molecule has 0 aliphatic carbocycles. The largest absolute Gasteiger partial charge is 0.545 e. The van der Waals surface area contributed by atoms with Crippen LogP contribution in [0.25, 0.3) is 6.08 Å². The van der Waals surface area contributed by atoms with Crippen LogP contribution in [0.2, 0.25) is 5.02 Å². The minimum absolute atomic E-state index is 0.00340. The molecule has 0 unspecified atom stereocenters. The summed E-state index contributed by atoms with van der Waals surface area (Å²) in [4.78, 5) is 25.7. The Morgan fingerprint density at radius 1 is 1.24 bits per heavy atom. The second-order valence-electron chi connectivity index (χ2n) is 5.36. The Labute approximate surface area is 159 Å². The van der Waals surface area contributed by atoms with Gasteiger partial charge < -0.3 is 9.90 Å². The monoisotopic (exact) mass is 388 g/mol. The third-order valence-electron chi connectivity index (χ3n) is 3.65. The first-order chi connectivity index (χ1) is 11.9. The number of amides is 1. The molecular weight excluding hydrogens is 378 g/mol. The van der Waals surface area contributed by atoms with Gasteiger partial charge in [0, 0.05) is 5.02 Å². The fourth-order valence-electron chi connectivity index (χ4n) is 2.36. The first kappa shape index (κ1) is 17.7. The van der Waals surface area contributed by atoms with Crippen molar-refractivity contribution in [3.05, 3.63) is 69.1 Å². The molecular formula is C18H11ClNO3S2-. The molecule has 7 heteroatoms. The number of hydrogen-bond acceptors (Lipinski definition) is 5. The number of anilines is 1. The van der Waals surface area contributed by atoms with Crippen molar-refractivity contribution in [1.29, 1.82) is 0 Å². The molecule has 0 N–H and O–H groups in total. The van der Waals surface area contributed by atoms with Crippen LogP contribution in [-0.2, 0) is 4.79 Å². The SMILES string of the molecule is Cc1ccc(C(=O)[O-])cc1N1C(=O)/C(=C/c2ccc(Cl)cc2)SC1=S. The fourth-order valence-corrected chi connectivity index (χ4v) is 3.77. The summed E-state index contributed by atoms with van der Waals surface area (Å²) in [5.41, 5.74) is 2.01. The van der Waals surface area contributed by atoms with Crippen molar-refractivity contribution < 1.29 is 14.7 Å². The lowest BCUT2D eigenvalue weighted by molar-refractivity contribution is -0.255. The third kappa shape index (κ3) is 3.61. The lowest BCUT2D eigenvalue weighted by Gasteiger charge is -2.18. The summed E-state index contributed by atoms with van der Waals surface area (Å²) in [7, 11) is 0. The van der Waals surface area contributed by atoms with Crippen LogP contribution in [0.4, 0.5) is 5.69 Å². The average Bonchev–Trinajstić information content (AvgIpc) is 2.84. The number of carboxylic acid groups (broad SMARTS) is 1. The number of aryl methyl sites for hydroxylation is 1. The van der Waals surface area contributed by atoms with Gasteiger partial charge in [0.05, 0.1) is 16.6 Å². The maximum absolute atomic E-state index is 12.8. The van der Waals surface area contributed by atoms with E-state index in [2.05, 4.69) is 0 Å². The Morgan fingerprint density at radius 2 is 1.92 bits per heavy atom. The number of nitrogens with zero attached hydrogens (tertiary/aromatic N) is 1. The standard InChI is InChI=1S/C18H12ClNO3S2/c1-10-2-5-12(17(22)23)9-14(10)20-16(21)15(25-18(20)24)8-11-3-6-13(19)7-4-11/h2-9H,1H3,(H,22,23)/p-1/b15-8-. The van der Waals surface area contributed by atoms with Gasteiger partial charge in [0.1, 0.15) is 0 Å². The molecule has 1 heterocycles. The maximum atomic E-state index is 12.8. The highest BCUT2D eigenvalue weighted by Crippen LogP contribution is 2.37. The molecule has 25 heavy (non-hydrogen) atoms. The third-order valence-corrected chi connectivity index (χ3v) is 5.20. The van der Waals surface area contributed by atoms with Crippen molar-refractivity contribution in [2.24, 2.45) is 0 Å². The maximum Gasteiger partial charge on any atom is 0.270 e. The minimum Gasteiger partial charge on any atom is -0.545 e. The molecule has 2 aromatic carbocycles. The zero-order chi connectivity index (χ0) is 18.1. The van der Waals surface area contributed by atoms with E-state index in [0.29, 0.717) is 19.9 Å². The number of thioether (sulfide) groups is 1. The van der Waals surface area contributed by atoms with Gasteiger partial charge in [-0.2, -0.15) is 0 Å². The molecule has 1 aliphatic heterocycles. The van der Waals surface area contributed by atoms with E-state index in [0.717, 1.165) is 11.1 Å². The molecule has 3 rings (SSSR count). The van der Waals surface area contributed by atoms with Crippen LogP contribution in [0.1, 0.15) is 21.5 Å². The van der Waals surface area contributed by atoms with Crippen molar-refractivity contribution in [3.63, 3.8) is 0 Å². The highest BCUT2D eigenvalue weighted by atomic mass is 35.5. The highest BCUT2D eigenvalue weighted by Gasteiger charge is 2.34. The summed E-state index contributed by atoms with van der Waals surface area (Å²) in [5.74, 6) is -1.59. The van der Waals surface area contributed by atoms with Crippen LogP contribution in [-0.4, -0.2) is 16.2 Å². The molecule has 1 aliphatic rings.